The summed E-state index contributed by atoms with van der Waals surface area (Å²) in [5, 5.41) is -17.6. The highest BCUT2D eigenvalue weighted by Crippen LogP contribution is 2.50. The first-order valence-corrected chi connectivity index (χ1v) is 12.1. The molecule has 0 aromatic rings. The van der Waals surface area contributed by atoms with E-state index in [0.717, 1.165) is 0 Å². The Balaban J connectivity index is 3.45. The zero-order valence-corrected chi connectivity index (χ0v) is 18.0. The Morgan fingerprint density at radius 1 is 0.700 bits per heavy atom. The standard InChI is InChI=1S/C11H18F7N3O6S3/c1-8(12,10(15,16)29(24,25)19-28(22,23)9(2,13)14)11(17,18)30(26,27)21-6-4-20(3)5-7-21/h19H,4-7H2,1-3H3. The number of nitrogens with one attached hydrogen (secondary N) is 1. The van der Waals surface area contributed by atoms with Gasteiger partial charge >= 0.3 is 15.8 Å². The van der Waals surface area contributed by atoms with Gasteiger partial charge in [0.1, 0.15) is 0 Å². The summed E-state index contributed by atoms with van der Waals surface area (Å²) in [6.07, 6.45) is 0. The van der Waals surface area contributed by atoms with E-state index in [1.807, 2.05) is 0 Å². The minimum absolute atomic E-state index is 0.0438. The molecule has 0 aromatic carbocycles. The number of piperazine rings is 1. The zero-order valence-electron chi connectivity index (χ0n) is 15.5. The van der Waals surface area contributed by atoms with Gasteiger partial charge in [-0.1, -0.05) is 4.13 Å². The third-order valence-electron chi connectivity index (χ3n) is 4.25. The van der Waals surface area contributed by atoms with Gasteiger partial charge in [-0.3, -0.25) is 0 Å². The molecule has 1 rings (SSSR count). The lowest BCUT2D eigenvalue weighted by Gasteiger charge is -2.39. The van der Waals surface area contributed by atoms with Crippen molar-refractivity contribution in [3.8, 4) is 0 Å². The Bertz CT molecular complexity index is 968. The van der Waals surface area contributed by atoms with Crippen molar-refractivity contribution in [2.45, 2.75) is 35.3 Å². The molecule has 0 saturated carbocycles. The van der Waals surface area contributed by atoms with Crippen LogP contribution in [0.1, 0.15) is 13.8 Å². The maximum absolute atomic E-state index is 14.6. The number of halogens is 7. The fourth-order valence-corrected chi connectivity index (χ4v) is 6.56. The van der Waals surface area contributed by atoms with Crippen LogP contribution in [0.4, 0.5) is 30.7 Å². The van der Waals surface area contributed by atoms with E-state index in [0.29, 0.717) is 0 Å². The first-order valence-electron chi connectivity index (χ1n) is 7.74. The third-order valence-corrected chi connectivity index (χ3v) is 10.1. The van der Waals surface area contributed by atoms with Crippen LogP contribution in [0.25, 0.3) is 0 Å². The van der Waals surface area contributed by atoms with Crippen LogP contribution in [0.5, 0.6) is 0 Å². The van der Waals surface area contributed by atoms with Crippen LogP contribution in [0.15, 0.2) is 0 Å². The molecule has 0 amide bonds. The van der Waals surface area contributed by atoms with E-state index in [-0.39, 0.29) is 21.5 Å². The summed E-state index contributed by atoms with van der Waals surface area (Å²) in [7, 11) is -18.3. The molecule has 1 aliphatic heterocycles. The van der Waals surface area contributed by atoms with Crippen LogP contribution < -0.4 is 4.13 Å². The van der Waals surface area contributed by atoms with Crippen molar-refractivity contribution in [2.75, 3.05) is 33.2 Å². The number of sulfonamides is 3. The van der Waals surface area contributed by atoms with Crippen LogP contribution in [0.3, 0.4) is 0 Å². The van der Waals surface area contributed by atoms with Crippen molar-refractivity contribution >= 4 is 30.1 Å². The van der Waals surface area contributed by atoms with Gasteiger partial charge in [-0.2, -0.15) is 30.6 Å². The van der Waals surface area contributed by atoms with Gasteiger partial charge in [0.05, 0.1) is 0 Å². The molecule has 1 saturated heterocycles. The van der Waals surface area contributed by atoms with Crippen molar-refractivity contribution in [1.29, 1.82) is 0 Å². The Morgan fingerprint density at radius 2 is 1.10 bits per heavy atom. The predicted molar refractivity (Wildman–Crippen MR) is 89.0 cm³/mol. The number of nitrogens with zero attached hydrogens (tertiary/aromatic N) is 2. The summed E-state index contributed by atoms with van der Waals surface area (Å²) in [6.45, 7) is -2.84. The fraction of sp³-hybridized carbons (Fsp3) is 1.00. The van der Waals surface area contributed by atoms with Crippen LogP contribution in [0, 0.1) is 0 Å². The smallest absolute Gasteiger partial charge is 0.304 e. The van der Waals surface area contributed by atoms with E-state index in [4.69, 9.17) is 0 Å². The summed E-state index contributed by atoms with van der Waals surface area (Å²) in [4.78, 5) is 1.47. The van der Waals surface area contributed by atoms with Crippen LogP contribution in [0.2, 0.25) is 0 Å². The van der Waals surface area contributed by atoms with Gasteiger partial charge in [0.25, 0.3) is 35.7 Å². The van der Waals surface area contributed by atoms with Crippen molar-refractivity contribution in [3.05, 3.63) is 0 Å². The van der Waals surface area contributed by atoms with Crippen molar-refractivity contribution in [1.82, 2.24) is 13.3 Å². The number of hydrogen-bond donors (Lipinski definition) is 1. The Morgan fingerprint density at radius 3 is 1.47 bits per heavy atom. The van der Waals surface area contributed by atoms with Crippen molar-refractivity contribution < 1.29 is 56.0 Å². The van der Waals surface area contributed by atoms with E-state index in [1.54, 1.807) is 0 Å². The minimum Gasteiger partial charge on any atom is -0.304 e. The maximum atomic E-state index is 14.6. The SMILES string of the molecule is CN1CCN(S(=O)(=O)C(F)(F)C(C)(F)C(F)(F)S(=O)(=O)NS(=O)(=O)C(C)(F)F)CC1. The maximum Gasteiger partial charge on any atom is 0.400 e. The van der Waals surface area contributed by atoms with E-state index in [1.165, 1.54) is 11.9 Å². The normalized spacial score (nSPS) is 21.4. The van der Waals surface area contributed by atoms with Gasteiger partial charge in [0, 0.05) is 33.1 Å². The molecule has 180 valence electrons. The number of rotatable bonds is 8. The monoisotopic (exact) mass is 517 g/mol. The lowest BCUT2D eigenvalue weighted by atomic mass is 10.1. The Labute approximate surface area is 168 Å². The lowest BCUT2D eigenvalue weighted by Crippen LogP contribution is -2.67. The largest absolute Gasteiger partial charge is 0.400 e. The molecule has 1 N–H and O–H groups in total. The second kappa shape index (κ2) is 7.68. The summed E-state index contributed by atoms with van der Waals surface area (Å²) in [6, 6.07) is 0. The Hall–Kier alpha value is -0.760. The van der Waals surface area contributed by atoms with Gasteiger partial charge in [-0.25, -0.2) is 29.6 Å². The lowest BCUT2D eigenvalue weighted by molar-refractivity contribution is -0.164. The predicted octanol–water partition coefficient (Wildman–Crippen LogP) is 0.339. The highest BCUT2D eigenvalue weighted by atomic mass is 32.3. The topological polar surface area (TPSA) is 121 Å². The first-order chi connectivity index (χ1) is 13.0. The van der Waals surface area contributed by atoms with Crippen LogP contribution in [-0.4, -0.2) is 89.1 Å². The van der Waals surface area contributed by atoms with Crippen molar-refractivity contribution in [3.63, 3.8) is 0 Å². The van der Waals surface area contributed by atoms with E-state index >= 15 is 0 Å². The molecule has 0 spiro atoms. The summed E-state index contributed by atoms with van der Waals surface area (Å²) in [5.74, 6) is 0. The molecule has 1 fully saturated rings. The second-order valence-electron chi connectivity index (χ2n) is 6.64. The average Bonchev–Trinajstić information content (AvgIpc) is 2.52. The highest BCUT2D eigenvalue weighted by molar-refractivity contribution is 8.05. The third kappa shape index (κ3) is 4.27. The van der Waals surface area contributed by atoms with Gasteiger partial charge in [0.2, 0.25) is 0 Å². The van der Waals surface area contributed by atoms with Gasteiger partial charge < -0.3 is 4.90 Å². The molecule has 0 radical (unpaired) electrons. The molecule has 0 bridgehead atoms. The van der Waals surface area contributed by atoms with E-state index in [9.17, 15) is 56.0 Å². The average molecular weight is 517 g/mol. The molecule has 1 aliphatic rings. The second-order valence-corrected chi connectivity index (χ2v) is 12.5. The number of hydrogen-bond acceptors (Lipinski definition) is 7. The molecule has 30 heavy (non-hydrogen) atoms. The minimum atomic E-state index is -7.14. The number of alkyl halides is 7. The van der Waals surface area contributed by atoms with Crippen molar-refractivity contribution in [2.24, 2.45) is 0 Å². The summed E-state index contributed by atoms with van der Waals surface area (Å²) in [5.41, 5.74) is -5.77. The molecule has 1 atom stereocenters. The van der Waals surface area contributed by atoms with Crippen LogP contribution in [-0.2, 0) is 30.1 Å². The molecular formula is C11H18F7N3O6S3. The molecule has 0 aromatic heterocycles. The molecule has 0 aliphatic carbocycles. The molecular weight excluding hydrogens is 499 g/mol. The first kappa shape index (κ1) is 27.3. The van der Waals surface area contributed by atoms with Crippen LogP contribution >= 0.6 is 0 Å². The quantitative estimate of drug-likeness (QED) is 0.461. The summed E-state index contributed by atoms with van der Waals surface area (Å²) >= 11 is 0. The molecule has 19 heteroatoms. The van der Waals surface area contributed by atoms with E-state index < -0.39 is 78.4 Å². The van der Waals surface area contributed by atoms with Gasteiger partial charge in [-0.05, 0) is 14.0 Å². The molecule has 9 nitrogen and oxygen atoms in total. The number of likely N-dealkylation sites (N-methyl/N-ethyl adjacent to an activating group) is 1. The highest BCUT2D eigenvalue weighted by Gasteiger charge is 2.78. The zero-order chi connectivity index (χ0) is 24.2. The van der Waals surface area contributed by atoms with E-state index in [2.05, 4.69) is 0 Å². The fourth-order valence-electron chi connectivity index (χ4n) is 2.12. The summed E-state index contributed by atoms with van der Waals surface area (Å²) < 4.78 is 167. The Kier molecular flexibility index (Phi) is 6.98. The molecule has 1 heterocycles. The van der Waals surface area contributed by atoms with Gasteiger partial charge in [0.15, 0.2) is 0 Å². The van der Waals surface area contributed by atoms with Gasteiger partial charge in [-0.15, -0.1) is 0 Å². The molecule has 1 unspecified atom stereocenters.